The highest BCUT2D eigenvalue weighted by atomic mass is 15.3. The lowest BCUT2D eigenvalue weighted by Gasteiger charge is -2.37. The van der Waals surface area contributed by atoms with Gasteiger partial charge < -0.3 is 4.90 Å². The molecule has 2 heteroatoms. The molecule has 2 nitrogen and oxygen atoms in total. The van der Waals surface area contributed by atoms with Crippen LogP contribution in [0.1, 0.15) is 33.1 Å². The molecule has 0 aromatic carbocycles. The molecule has 0 radical (unpaired) electrons. The highest BCUT2D eigenvalue weighted by Crippen LogP contribution is 2.29. The third kappa shape index (κ3) is 2.29. The predicted molar refractivity (Wildman–Crippen MR) is 60.5 cm³/mol. The van der Waals surface area contributed by atoms with E-state index in [0.29, 0.717) is 0 Å². The van der Waals surface area contributed by atoms with E-state index in [-0.39, 0.29) is 0 Å². The van der Waals surface area contributed by atoms with Crippen LogP contribution in [-0.2, 0) is 0 Å². The molecule has 2 rings (SSSR count). The number of nitrogens with zero attached hydrogens (tertiary/aromatic N) is 2. The number of hydrogen-bond donors (Lipinski definition) is 0. The molecule has 0 amide bonds. The highest BCUT2D eigenvalue weighted by Gasteiger charge is 2.28. The second kappa shape index (κ2) is 4.63. The molecule has 1 saturated carbocycles. The SMILES string of the molecule is CCN1CCN(C2CCC(C)C2)CC1. The van der Waals surface area contributed by atoms with Crippen LogP contribution in [0.5, 0.6) is 0 Å². The van der Waals surface area contributed by atoms with Gasteiger partial charge >= 0.3 is 0 Å². The van der Waals surface area contributed by atoms with Crippen molar-refractivity contribution in [1.29, 1.82) is 0 Å². The Labute approximate surface area is 88.3 Å². The zero-order valence-corrected chi connectivity index (χ0v) is 9.71. The fraction of sp³-hybridized carbons (Fsp3) is 1.00. The molecule has 14 heavy (non-hydrogen) atoms. The normalized spacial score (nSPS) is 36.4. The maximum atomic E-state index is 2.73. The van der Waals surface area contributed by atoms with Gasteiger partial charge in [-0.3, -0.25) is 4.90 Å². The van der Waals surface area contributed by atoms with E-state index in [9.17, 15) is 0 Å². The largest absolute Gasteiger partial charge is 0.301 e. The first kappa shape index (κ1) is 10.4. The highest BCUT2D eigenvalue weighted by molar-refractivity contribution is 4.84. The van der Waals surface area contributed by atoms with E-state index in [4.69, 9.17) is 0 Å². The lowest BCUT2D eigenvalue weighted by atomic mass is 10.1. The van der Waals surface area contributed by atoms with Gasteiger partial charge in [0.05, 0.1) is 0 Å². The molecule has 2 atom stereocenters. The van der Waals surface area contributed by atoms with E-state index >= 15 is 0 Å². The van der Waals surface area contributed by atoms with Crippen molar-refractivity contribution in [2.24, 2.45) is 5.92 Å². The first-order valence-electron chi connectivity index (χ1n) is 6.26. The third-order valence-corrected chi connectivity index (χ3v) is 4.04. The molecule has 82 valence electrons. The third-order valence-electron chi connectivity index (χ3n) is 4.04. The fourth-order valence-electron chi connectivity index (χ4n) is 2.95. The maximum Gasteiger partial charge on any atom is 0.0113 e. The van der Waals surface area contributed by atoms with Gasteiger partial charge in [0.1, 0.15) is 0 Å². The van der Waals surface area contributed by atoms with Crippen LogP contribution in [0, 0.1) is 5.92 Å². The smallest absolute Gasteiger partial charge is 0.0113 e. The summed E-state index contributed by atoms with van der Waals surface area (Å²) < 4.78 is 0. The lowest BCUT2D eigenvalue weighted by Crippen LogP contribution is -2.49. The second-order valence-electron chi connectivity index (χ2n) is 5.04. The summed E-state index contributed by atoms with van der Waals surface area (Å²) in [6.45, 7) is 11.1. The van der Waals surface area contributed by atoms with Crippen molar-refractivity contribution in [3.63, 3.8) is 0 Å². The van der Waals surface area contributed by atoms with Gasteiger partial charge in [0.15, 0.2) is 0 Å². The summed E-state index contributed by atoms with van der Waals surface area (Å²) in [5.74, 6) is 0.976. The number of likely N-dealkylation sites (N-methyl/N-ethyl adjacent to an activating group) is 1. The summed E-state index contributed by atoms with van der Waals surface area (Å²) in [6, 6.07) is 0.920. The Morgan fingerprint density at radius 1 is 1.07 bits per heavy atom. The van der Waals surface area contributed by atoms with Crippen molar-refractivity contribution >= 4 is 0 Å². The van der Waals surface area contributed by atoms with Crippen molar-refractivity contribution in [3.05, 3.63) is 0 Å². The minimum atomic E-state index is 0.920. The number of rotatable bonds is 2. The molecule has 1 heterocycles. The standard InChI is InChI=1S/C12H24N2/c1-3-13-6-8-14(9-7-13)12-5-4-11(2)10-12/h11-12H,3-10H2,1-2H3. The van der Waals surface area contributed by atoms with Crippen LogP contribution in [0.3, 0.4) is 0 Å². The molecule has 0 bridgehead atoms. The van der Waals surface area contributed by atoms with Crippen molar-refractivity contribution in [2.75, 3.05) is 32.7 Å². The molecule has 1 saturated heterocycles. The van der Waals surface area contributed by atoms with E-state index in [1.54, 1.807) is 0 Å². The Kier molecular flexibility index (Phi) is 3.45. The van der Waals surface area contributed by atoms with Gasteiger partial charge in [-0.15, -0.1) is 0 Å². The van der Waals surface area contributed by atoms with Gasteiger partial charge in [-0.2, -0.15) is 0 Å². The summed E-state index contributed by atoms with van der Waals surface area (Å²) in [4.78, 5) is 5.30. The van der Waals surface area contributed by atoms with E-state index in [2.05, 4.69) is 23.6 Å². The minimum Gasteiger partial charge on any atom is -0.301 e. The van der Waals surface area contributed by atoms with Crippen LogP contribution < -0.4 is 0 Å². The Morgan fingerprint density at radius 3 is 2.29 bits per heavy atom. The molecule has 2 aliphatic rings. The Balaban J connectivity index is 1.78. The lowest BCUT2D eigenvalue weighted by molar-refractivity contribution is 0.1000. The quantitative estimate of drug-likeness (QED) is 0.664. The zero-order chi connectivity index (χ0) is 9.97. The van der Waals surface area contributed by atoms with Crippen LogP contribution in [0.25, 0.3) is 0 Å². The molecular weight excluding hydrogens is 172 g/mol. The van der Waals surface area contributed by atoms with Gasteiger partial charge in [0, 0.05) is 32.2 Å². The Hall–Kier alpha value is -0.0800. The van der Waals surface area contributed by atoms with Crippen molar-refractivity contribution in [3.8, 4) is 0 Å². The summed E-state index contributed by atoms with van der Waals surface area (Å²) in [6.07, 6.45) is 4.36. The predicted octanol–water partition coefficient (Wildman–Crippen LogP) is 1.81. The first-order valence-corrected chi connectivity index (χ1v) is 6.26. The molecule has 0 aromatic rings. The average Bonchev–Trinajstić information content (AvgIpc) is 2.65. The van der Waals surface area contributed by atoms with E-state index < -0.39 is 0 Å². The summed E-state index contributed by atoms with van der Waals surface area (Å²) in [7, 11) is 0. The molecular formula is C12H24N2. The van der Waals surface area contributed by atoms with Gasteiger partial charge in [-0.05, 0) is 31.7 Å². The minimum absolute atomic E-state index is 0.920. The molecule has 0 N–H and O–H groups in total. The number of hydrogen-bond acceptors (Lipinski definition) is 2. The fourth-order valence-corrected chi connectivity index (χ4v) is 2.95. The first-order chi connectivity index (χ1) is 6.79. The Bertz CT molecular complexity index is 173. The van der Waals surface area contributed by atoms with Gasteiger partial charge in [-0.1, -0.05) is 13.8 Å². The van der Waals surface area contributed by atoms with E-state index in [0.717, 1.165) is 12.0 Å². The van der Waals surface area contributed by atoms with Gasteiger partial charge in [0.25, 0.3) is 0 Å². The van der Waals surface area contributed by atoms with E-state index in [1.165, 1.54) is 52.0 Å². The molecule has 0 spiro atoms. The summed E-state index contributed by atoms with van der Waals surface area (Å²) >= 11 is 0. The topological polar surface area (TPSA) is 6.48 Å². The van der Waals surface area contributed by atoms with Crippen LogP contribution in [0.4, 0.5) is 0 Å². The molecule has 1 aliphatic heterocycles. The van der Waals surface area contributed by atoms with Crippen molar-refractivity contribution < 1.29 is 0 Å². The molecule has 2 fully saturated rings. The maximum absolute atomic E-state index is 2.73. The van der Waals surface area contributed by atoms with Crippen molar-refractivity contribution in [1.82, 2.24) is 9.80 Å². The van der Waals surface area contributed by atoms with Crippen LogP contribution in [0.15, 0.2) is 0 Å². The molecule has 1 aliphatic carbocycles. The summed E-state index contributed by atoms with van der Waals surface area (Å²) in [5.41, 5.74) is 0. The molecule has 2 unspecified atom stereocenters. The molecule has 0 aromatic heterocycles. The van der Waals surface area contributed by atoms with Gasteiger partial charge in [-0.25, -0.2) is 0 Å². The monoisotopic (exact) mass is 196 g/mol. The van der Waals surface area contributed by atoms with Crippen LogP contribution in [0.2, 0.25) is 0 Å². The van der Waals surface area contributed by atoms with Crippen LogP contribution in [-0.4, -0.2) is 48.6 Å². The zero-order valence-electron chi connectivity index (χ0n) is 9.71. The average molecular weight is 196 g/mol. The second-order valence-corrected chi connectivity index (χ2v) is 5.04. The van der Waals surface area contributed by atoms with Gasteiger partial charge in [0.2, 0.25) is 0 Å². The van der Waals surface area contributed by atoms with E-state index in [1.807, 2.05) is 0 Å². The van der Waals surface area contributed by atoms with Crippen molar-refractivity contribution in [2.45, 2.75) is 39.2 Å². The summed E-state index contributed by atoms with van der Waals surface area (Å²) in [5, 5.41) is 0. The Morgan fingerprint density at radius 2 is 1.79 bits per heavy atom. The number of piperazine rings is 1. The van der Waals surface area contributed by atoms with Crippen LogP contribution >= 0.6 is 0 Å².